The minimum atomic E-state index is 0.411. The van der Waals surface area contributed by atoms with Gasteiger partial charge in [0.1, 0.15) is 18.0 Å². The number of aromatic nitrogens is 5. The molecule has 7 heteroatoms. The first-order valence-electron chi connectivity index (χ1n) is 7.99. The lowest BCUT2D eigenvalue weighted by molar-refractivity contribution is 0.954. The first kappa shape index (κ1) is 15.1. The van der Waals surface area contributed by atoms with Crippen molar-refractivity contribution >= 4 is 22.8 Å². The molecule has 0 atom stereocenters. The summed E-state index contributed by atoms with van der Waals surface area (Å²) >= 11 is 0. The van der Waals surface area contributed by atoms with Crippen LogP contribution >= 0.6 is 0 Å². The molecule has 3 heterocycles. The summed E-state index contributed by atoms with van der Waals surface area (Å²) in [5.74, 6) is 1.60. The Morgan fingerprint density at radius 2 is 1.88 bits per heavy atom. The minimum Gasteiger partial charge on any atom is -0.383 e. The first-order chi connectivity index (χ1) is 12.3. The van der Waals surface area contributed by atoms with Crippen LogP contribution in [0.5, 0.6) is 0 Å². The monoisotopic (exact) mass is 331 g/mol. The van der Waals surface area contributed by atoms with E-state index in [1.54, 1.807) is 24.8 Å². The lowest BCUT2D eigenvalue weighted by Crippen LogP contribution is -2.11. The predicted molar refractivity (Wildman–Crippen MR) is 97.5 cm³/mol. The zero-order valence-corrected chi connectivity index (χ0v) is 13.5. The van der Waals surface area contributed by atoms with E-state index in [1.165, 1.54) is 5.56 Å². The van der Waals surface area contributed by atoms with Crippen LogP contribution in [-0.2, 0) is 6.42 Å². The number of hydrogen-bond acceptors (Lipinski definition) is 6. The summed E-state index contributed by atoms with van der Waals surface area (Å²) in [6.07, 6.45) is 6.17. The van der Waals surface area contributed by atoms with E-state index < -0.39 is 0 Å². The van der Waals surface area contributed by atoms with E-state index in [-0.39, 0.29) is 0 Å². The molecule has 0 spiro atoms. The van der Waals surface area contributed by atoms with Crippen LogP contribution in [0.4, 0.5) is 11.8 Å². The Morgan fingerprint density at radius 1 is 1.04 bits per heavy atom. The maximum Gasteiger partial charge on any atom is 0.226 e. The summed E-state index contributed by atoms with van der Waals surface area (Å²) in [6, 6.07) is 13.6. The fraction of sp³-hybridized carbons (Fsp3) is 0.111. The number of para-hydroxylation sites is 2. The maximum absolute atomic E-state index is 5.96. The van der Waals surface area contributed by atoms with Crippen molar-refractivity contribution in [3.8, 4) is 5.82 Å². The van der Waals surface area contributed by atoms with E-state index in [1.807, 2.05) is 41.0 Å². The number of rotatable bonds is 5. The molecule has 0 bridgehead atoms. The fourth-order valence-corrected chi connectivity index (χ4v) is 2.66. The molecule has 0 aliphatic rings. The minimum absolute atomic E-state index is 0.411. The highest BCUT2D eigenvalue weighted by Crippen LogP contribution is 2.18. The molecule has 3 N–H and O–H groups in total. The van der Waals surface area contributed by atoms with Crippen molar-refractivity contribution in [2.75, 3.05) is 17.6 Å². The molecule has 0 aliphatic heterocycles. The molecule has 0 saturated carbocycles. The molecule has 124 valence electrons. The van der Waals surface area contributed by atoms with Crippen LogP contribution in [0.1, 0.15) is 5.56 Å². The summed E-state index contributed by atoms with van der Waals surface area (Å²) in [4.78, 5) is 17.2. The third kappa shape index (κ3) is 3.25. The molecule has 0 aliphatic carbocycles. The molecule has 4 aromatic rings. The molecule has 25 heavy (non-hydrogen) atoms. The molecular weight excluding hydrogens is 314 g/mol. The van der Waals surface area contributed by atoms with Crippen LogP contribution in [0.15, 0.2) is 61.2 Å². The molecule has 4 rings (SSSR count). The smallest absolute Gasteiger partial charge is 0.226 e. The Bertz CT molecular complexity index is 995. The average Bonchev–Trinajstić information content (AvgIpc) is 3.06. The van der Waals surface area contributed by atoms with E-state index >= 15 is 0 Å². The number of imidazole rings is 1. The third-order valence-electron chi connectivity index (χ3n) is 3.88. The summed E-state index contributed by atoms with van der Waals surface area (Å²) in [5, 5.41) is 3.23. The third-order valence-corrected chi connectivity index (χ3v) is 3.88. The number of fused-ring (bicyclic) bond motifs is 1. The van der Waals surface area contributed by atoms with E-state index in [9.17, 15) is 0 Å². The molecule has 1 aromatic carbocycles. The highest BCUT2D eigenvalue weighted by molar-refractivity contribution is 5.77. The van der Waals surface area contributed by atoms with Crippen LogP contribution in [0.25, 0.3) is 16.9 Å². The van der Waals surface area contributed by atoms with Crippen LogP contribution in [0.2, 0.25) is 0 Å². The second-order valence-electron chi connectivity index (χ2n) is 5.61. The summed E-state index contributed by atoms with van der Waals surface area (Å²) in [5.41, 5.74) is 9.04. The largest absolute Gasteiger partial charge is 0.383 e. The van der Waals surface area contributed by atoms with E-state index in [2.05, 4.69) is 25.3 Å². The van der Waals surface area contributed by atoms with Gasteiger partial charge in [-0.2, -0.15) is 9.97 Å². The highest BCUT2D eigenvalue weighted by atomic mass is 15.2. The molecule has 0 unspecified atom stereocenters. The number of nitrogens with two attached hydrogens (primary N) is 1. The van der Waals surface area contributed by atoms with Crippen LogP contribution in [0, 0.1) is 0 Å². The van der Waals surface area contributed by atoms with Crippen molar-refractivity contribution in [3.05, 3.63) is 66.7 Å². The number of nitrogen functional groups attached to an aromatic ring is 1. The predicted octanol–water partition coefficient (Wildman–Crippen LogP) is 2.45. The van der Waals surface area contributed by atoms with Crippen molar-refractivity contribution in [3.63, 3.8) is 0 Å². The van der Waals surface area contributed by atoms with Crippen LogP contribution in [-0.4, -0.2) is 31.0 Å². The number of nitrogens with zero attached hydrogens (tertiary/aromatic N) is 5. The van der Waals surface area contributed by atoms with Gasteiger partial charge in [-0.3, -0.25) is 9.55 Å². The fourth-order valence-electron chi connectivity index (χ4n) is 2.66. The van der Waals surface area contributed by atoms with Gasteiger partial charge in [0.05, 0.1) is 11.0 Å². The van der Waals surface area contributed by atoms with Crippen molar-refractivity contribution < 1.29 is 0 Å². The summed E-state index contributed by atoms with van der Waals surface area (Å²) in [7, 11) is 0. The number of hydrogen-bond donors (Lipinski definition) is 2. The van der Waals surface area contributed by atoms with Gasteiger partial charge in [0.15, 0.2) is 0 Å². The highest BCUT2D eigenvalue weighted by Gasteiger charge is 2.08. The topological polar surface area (TPSA) is 94.5 Å². The van der Waals surface area contributed by atoms with Gasteiger partial charge in [-0.05, 0) is 36.2 Å². The van der Waals surface area contributed by atoms with Crippen molar-refractivity contribution in [1.29, 1.82) is 0 Å². The van der Waals surface area contributed by atoms with Crippen molar-refractivity contribution in [2.24, 2.45) is 0 Å². The lowest BCUT2D eigenvalue weighted by atomic mass is 10.2. The van der Waals surface area contributed by atoms with Crippen molar-refractivity contribution in [2.45, 2.75) is 6.42 Å². The molecule has 0 amide bonds. The van der Waals surface area contributed by atoms with E-state index in [4.69, 9.17) is 5.73 Å². The van der Waals surface area contributed by atoms with Gasteiger partial charge in [-0.25, -0.2) is 4.98 Å². The summed E-state index contributed by atoms with van der Waals surface area (Å²) < 4.78 is 1.90. The van der Waals surface area contributed by atoms with Gasteiger partial charge in [0, 0.05) is 25.0 Å². The zero-order chi connectivity index (χ0) is 17.1. The zero-order valence-electron chi connectivity index (χ0n) is 13.5. The van der Waals surface area contributed by atoms with E-state index in [0.29, 0.717) is 24.1 Å². The number of pyridine rings is 1. The summed E-state index contributed by atoms with van der Waals surface area (Å²) in [6.45, 7) is 0.706. The van der Waals surface area contributed by atoms with Gasteiger partial charge in [-0.1, -0.05) is 12.1 Å². The SMILES string of the molecule is Nc1cc(-n2cnc3ccccc32)nc(NCCc2ccncc2)n1. The second kappa shape index (κ2) is 6.56. The van der Waals surface area contributed by atoms with Crippen LogP contribution in [0.3, 0.4) is 0 Å². The molecule has 0 fully saturated rings. The van der Waals surface area contributed by atoms with Crippen LogP contribution < -0.4 is 11.1 Å². The second-order valence-corrected chi connectivity index (χ2v) is 5.61. The number of benzene rings is 1. The van der Waals surface area contributed by atoms with Gasteiger partial charge < -0.3 is 11.1 Å². The normalized spacial score (nSPS) is 10.9. The molecular formula is C18H17N7. The van der Waals surface area contributed by atoms with Gasteiger partial charge in [-0.15, -0.1) is 0 Å². The molecule has 7 nitrogen and oxygen atoms in total. The Labute approximate surface area is 144 Å². The lowest BCUT2D eigenvalue weighted by Gasteiger charge is -2.09. The van der Waals surface area contributed by atoms with Gasteiger partial charge in [0.2, 0.25) is 5.95 Å². The standard InChI is InChI=1S/C18H17N7/c19-16-11-17(25-12-22-14-3-1-2-4-15(14)25)24-18(23-16)21-10-7-13-5-8-20-9-6-13/h1-6,8-9,11-12H,7,10H2,(H3,19,21,23,24). The Hall–Kier alpha value is -3.48. The van der Waals surface area contributed by atoms with Gasteiger partial charge >= 0.3 is 0 Å². The van der Waals surface area contributed by atoms with Crippen molar-refractivity contribution in [1.82, 2.24) is 24.5 Å². The quantitative estimate of drug-likeness (QED) is 0.583. The molecule has 3 aromatic heterocycles. The maximum atomic E-state index is 5.96. The Balaban J connectivity index is 1.56. The molecule has 0 saturated heterocycles. The molecule has 0 radical (unpaired) electrons. The van der Waals surface area contributed by atoms with E-state index in [0.717, 1.165) is 17.5 Å². The van der Waals surface area contributed by atoms with Gasteiger partial charge in [0.25, 0.3) is 0 Å². The Morgan fingerprint density at radius 3 is 2.76 bits per heavy atom. The average molecular weight is 331 g/mol. The number of anilines is 2. The Kier molecular flexibility index (Phi) is 3.96. The first-order valence-corrected chi connectivity index (χ1v) is 7.99. The number of nitrogens with one attached hydrogen (secondary N) is 1.